The highest BCUT2D eigenvalue weighted by atomic mass is 19.1. The number of carboxylic acid groups (broad SMARTS) is 1. The molecule has 2 aliphatic rings. The number of aromatic carboxylic acids is 1. The molecule has 1 aromatic rings. The zero-order valence-electron chi connectivity index (χ0n) is 11.9. The molecule has 0 spiro atoms. The first-order valence-corrected chi connectivity index (χ1v) is 7.37. The number of benzene rings is 1. The second-order valence-corrected chi connectivity index (χ2v) is 5.83. The Bertz CT molecular complexity index is 558. The fraction of sp³-hybridized carbons (Fsp3) is 0.533. The summed E-state index contributed by atoms with van der Waals surface area (Å²) in [5, 5.41) is 8.92. The molecule has 3 N–H and O–H groups in total. The Morgan fingerprint density at radius 3 is 2.67 bits per heavy atom. The summed E-state index contributed by atoms with van der Waals surface area (Å²) < 4.78 is 13.9. The molecule has 0 bridgehead atoms. The molecule has 114 valence electrons. The summed E-state index contributed by atoms with van der Waals surface area (Å²) in [6, 6.07) is 2.97. The first-order chi connectivity index (χ1) is 10.1. The Labute approximate surface area is 123 Å². The maximum absolute atomic E-state index is 13.9. The third kappa shape index (κ3) is 2.68. The lowest BCUT2D eigenvalue weighted by atomic mass is 10.1. The van der Waals surface area contributed by atoms with Crippen molar-refractivity contribution in [2.45, 2.75) is 25.3 Å². The average Bonchev–Trinajstić information content (AvgIpc) is 3.09. The molecule has 5 nitrogen and oxygen atoms in total. The number of halogens is 1. The van der Waals surface area contributed by atoms with E-state index in [0.717, 1.165) is 32.6 Å². The van der Waals surface area contributed by atoms with Gasteiger partial charge in [-0.2, -0.15) is 0 Å². The van der Waals surface area contributed by atoms with Crippen LogP contribution in [0.3, 0.4) is 0 Å². The number of nitrogens with zero attached hydrogens (tertiary/aromatic N) is 2. The number of hydrogen-bond donors (Lipinski definition) is 2. The van der Waals surface area contributed by atoms with Crippen LogP contribution in [-0.4, -0.2) is 48.2 Å². The molecule has 0 aromatic heterocycles. The minimum atomic E-state index is -1.29. The fourth-order valence-corrected chi connectivity index (χ4v) is 3.38. The van der Waals surface area contributed by atoms with Gasteiger partial charge in [-0.05, 0) is 38.4 Å². The molecule has 0 radical (unpaired) electrons. The Kier molecular flexibility index (Phi) is 3.71. The van der Waals surface area contributed by atoms with E-state index >= 15 is 0 Å². The Hall–Kier alpha value is -1.82. The van der Waals surface area contributed by atoms with Crippen LogP contribution >= 0.6 is 0 Å². The number of anilines is 2. The van der Waals surface area contributed by atoms with Gasteiger partial charge < -0.3 is 15.7 Å². The van der Waals surface area contributed by atoms with Gasteiger partial charge in [0, 0.05) is 25.2 Å². The molecule has 2 fully saturated rings. The minimum Gasteiger partial charge on any atom is -0.478 e. The van der Waals surface area contributed by atoms with Gasteiger partial charge in [0.25, 0.3) is 0 Å². The molecule has 1 aromatic carbocycles. The van der Waals surface area contributed by atoms with Gasteiger partial charge in [0.15, 0.2) is 0 Å². The molecule has 0 aliphatic carbocycles. The maximum atomic E-state index is 13.9. The highest BCUT2D eigenvalue weighted by Crippen LogP contribution is 2.31. The predicted octanol–water partition coefficient (Wildman–Crippen LogP) is 1.78. The van der Waals surface area contributed by atoms with E-state index in [1.54, 1.807) is 0 Å². The van der Waals surface area contributed by atoms with Crippen molar-refractivity contribution in [3.63, 3.8) is 0 Å². The van der Waals surface area contributed by atoms with Gasteiger partial charge in [0.1, 0.15) is 5.82 Å². The summed E-state index contributed by atoms with van der Waals surface area (Å²) in [5.41, 5.74) is 6.49. The van der Waals surface area contributed by atoms with Gasteiger partial charge in [0.2, 0.25) is 0 Å². The summed E-state index contributed by atoms with van der Waals surface area (Å²) in [7, 11) is 0. The lowest BCUT2D eigenvalue weighted by Crippen LogP contribution is -2.35. The van der Waals surface area contributed by atoms with Gasteiger partial charge in [-0.1, -0.05) is 0 Å². The first-order valence-electron chi connectivity index (χ1n) is 7.37. The van der Waals surface area contributed by atoms with Gasteiger partial charge in [-0.15, -0.1) is 0 Å². The number of carboxylic acids is 1. The van der Waals surface area contributed by atoms with Crippen molar-refractivity contribution in [1.82, 2.24) is 4.90 Å². The Morgan fingerprint density at radius 2 is 2.00 bits per heavy atom. The summed E-state index contributed by atoms with van der Waals surface area (Å²) in [6.07, 6.45) is 3.54. The number of hydrogen-bond acceptors (Lipinski definition) is 4. The molecule has 0 saturated carbocycles. The van der Waals surface area contributed by atoms with Crippen LogP contribution in [0.25, 0.3) is 0 Å². The number of rotatable bonds is 3. The zero-order valence-corrected chi connectivity index (χ0v) is 11.9. The molecule has 1 unspecified atom stereocenters. The van der Waals surface area contributed by atoms with Crippen LogP contribution in [0.4, 0.5) is 15.8 Å². The maximum Gasteiger partial charge on any atom is 0.338 e. The van der Waals surface area contributed by atoms with Gasteiger partial charge >= 0.3 is 5.97 Å². The van der Waals surface area contributed by atoms with Crippen LogP contribution < -0.4 is 10.6 Å². The van der Waals surface area contributed by atoms with Crippen LogP contribution in [-0.2, 0) is 0 Å². The van der Waals surface area contributed by atoms with Crippen molar-refractivity contribution in [2.24, 2.45) is 0 Å². The van der Waals surface area contributed by atoms with Crippen molar-refractivity contribution in [3.8, 4) is 0 Å². The molecule has 2 heterocycles. The minimum absolute atomic E-state index is 0.330. The Morgan fingerprint density at radius 1 is 1.29 bits per heavy atom. The van der Waals surface area contributed by atoms with Crippen LogP contribution in [0, 0.1) is 5.82 Å². The molecule has 3 rings (SSSR count). The second kappa shape index (κ2) is 5.52. The van der Waals surface area contributed by atoms with E-state index in [1.807, 2.05) is 0 Å². The van der Waals surface area contributed by atoms with Crippen molar-refractivity contribution < 1.29 is 14.3 Å². The number of nitrogen functional groups attached to an aromatic ring is 1. The summed E-state index contributed by atoms with van der Waals surface area (Å²) in [5.74, 6) is -2.02. The Balaban J connectivity index is 1.78. The van der Waals surface area contributed by atoms with Crippen molar-refractivity contribution in [1.29, 1.82) is 0 Å². The van der Waals surface area contributed by atoms with Crippen LogP contribution in [0.1, 0.15) is 29.6 Å². The summed E-state index contributed by atoms with van der Waals surface area (Å²) >= 11 is 0. The fourth-order valence-electron chi connectivity index (χ4n) is 3.38. The standard InChI is InChI=1S/C15H20FN3O2/c16-12-8-14(13(17)7-11(12)15(20)21)19-6-3-10(9-19)18-4-1-2-5-18/h7-8,10H,1-6,9,17H2,(H,20,21). The van der Waals surface area contributed by atoms with Crippen molar-refractivity contribution >= 4 is 17.3 Å². The van der Waals surface area contributed by atoms with Crippen LogP contribution in [0.15, 0.2) is 12.1 Å². The quantitative estimate of drug-likeness (QED) is 0.831. The predicted molar refractivity (Wildman–Crippen MR) is 79.2 cm³/mol. The van der Waals surface area contributed by atoms with E-state index in [0.29, 0.717) is 17.4 Å². The molecule has 2 aliphatic heterocycles. The van der Waals surface area contributed by atoms with E-state index in [4.69, 9.17) is 10.8 Å². The number of likely N-dealkylation sites (tertiary alicyclic amines) is 1. The highest BCUT2D eigenvalue weighted by Gasteiger charge is 2.30. The SMILES string of the molecule is Nc1cc(C(=O)O)c(F)cc1N1CCC(N2CCCC2)C1. The summed E-state index contributed by atoms with van der Waals surface area (Å²) in [6.45, 7) is 3.94. The molecule has 21 heavy (non-hydrogen) atoms. The third-order valence-corrected chi connectivity index (χ3v) is 4.51. The van der Waals surface area contributed by atoms with Crippen molar-refractivity contribution in [3.05, 3.63) is 23.5 Å². The van der Waals surface area contributed by atoms with E-state index in [2.05, 4.69) is 9.80 Å². The van der Waals surface area contributed by atoms with Gasteiger partial charge in [-0.25, -0.2) is 9.18 Å². The largest absolute Gasteiger partial charge is 0.478 e. The molecular formula is C15H20FN3O2. The number of carbonyl (C=O) groups is 1. The van der Waals surface area contributed by atoms with E-state index < -0.39 is 11.8 Å². The monoisotopic (exact) mass is 293 g/mol. The lowest BCUT2D eigenvalue weighted by Gasteiger charge is -2.25. The summed E-state index contributed by atoms with van der Waals surface area (Å²) in [4.78, 5) is 15.5. The van der Waals surface area contributed by atoms with Crippen molar-refractivity contribution in [2.75, 3.05) is 36.8 Å². The van der Waals surface area contributed by atoms with Gasteiger partial charge in [-0.3, -0.25) is 4.90 Å². The lowest BCUT2D eigenvalue weighted by molar-refractivity contribution is 0.0692. The average molecular weight is 293 g/mol. The molecule has 6 heteroatoms. The van der Waals surface area contributed by atoms with Crippen LogP contribution in [0.5, 0.6) is 0 Å². The third-order valence-electron chi connectivity index (χ3n) is 4.51. The zero-order chi connectivity index (χ0) is 15.0. The molecule has 2 saturated heterocycles. The van der Waals surface area contributed by atoms with E-state index in [9.17, 15) is 9.18 Å². The first kappa shape index (κ1) is 14.1. The molecule has 0 amide bonds. The molecule has 1 atom stereocenters. The topological polar surface area (TPSA) is 69.8 Å². The second-order valence-electron chi connectivity index (χ2n) is 5.83. The van der Waals surface area contributed by atoms with E-state index in [1.165, 1.54) is 25.0 Å². The van der Waals surface area contributed by atoms with Gasteiger partial charge in [0.05, 0.1) is 16.9 Å². The van der Waals surface area contributed by atoms with Crippen LogP contribution in [0.2, 0.25) is 0 Å². The molecular weight excluding hydrogens is 273 g/mol. The number of nitrogens with two attached hydrogens (primary N) is 1. The smallest absolute Gasteiger partial charge is 0.338 e. The van der Waals surface area contributed by atoms with E-state index in [-0.39, 0.29) is 5.56 Å². The highest BCUT2D eigenvalue weighted by molar-refractivity contribution is 5.91. The normalized spacial score (nSPS) is 22.9.